The molecule has 0 radical (unpaired) electrons. The molecule has 0 aliphatic heterocycles. The molecular formula is C17H15NO4. The van der Waals surface area contributed by atoms with E-state index in [4.69, 9.17) is 19.5 Å². The molecule has 0 atom stereocenters. The number of methoxy groups -OCH3 is 2. The van der Waals surface area contributed by atoms with Crippen LogP contribution < -0.4 is 9.47 Å². The number of nitrogens with zero attached hydrogens (tertiary/aromatic N) is 1. The molecule has 5 nitrogen and oxygen atoms in total. The maximum atomic E-state index is 12.1. The summed E-state index contributed by atoms with van der Waals surface area (Å²) in [6.07, 6.45) is 0. The van der Waals surface area contributed by atoms with Crippen molar-refractivity contribution in [1.82, 2.24) is 0 Å². The first-order chi connectivity index (χ1) is 10.7. The number of hydrogen-bond acceptors (Lipinski definition) is 5. The van der Waals surface area contributed by atoms with Gasteiger partial charge in [-0.2, -0.15) is 5.26 Å². The molecule has 0 aromatic heterocycles. The number of hydrogen-bond donors (Lipinski definition) is 0. The molecule has 0 N–H and O–H groups in total. The molecule has 112 valence electrons. The van der Waals surface area contributed by atoms with E-state index >= 15 is 0 Å². The third-order valence-corrected chi connectivity index (χ3v) is 3.08. The fourth-order valence-electron chi connectivity index (χ4n) is 1.91. The quantitative estimate of drug-likeness (QED) is 0.794. The minimum absolute atomic E-state index is 0.0299. The van der Waals surface area contributed by atoms with E-state index in [1.54, 1.807) is 42.5 Å². The Kier molecular flexibility index (Phi) is 4.99. The van der Waals surface area contributed by atoms with E-state index in [0.717, 1.165) is 0 Å². The Balaban J connectivity index is 2.14. The average Bonchev–Trinajstić information content (AvgIpc) is 2.59. The van der Waals surface area contributed by atoms with Gasteiger partial charge in [0.2, 0.25) is 0 Å². The van der Waals surface area contributed by atoms with Gasteiger partial charge >= 0.3 is 5.97 Å². The summed E-state index contributed by atoms with van der Waals surface area (Å²) in [5, 5.41) is 9.01. The zero-order valence-corrected chi connectivity index (χ0v) is 12.3. The lowest BCUT2D eigenvalue weighted by atomic mass is 10.1. The number of esters is 1. The summed E-state index contributed by atoms with van der Waals surface area (Å²) in [6.45, 7) is 0.0299. The number of ether oxygens (including phenoxy) is 3. The molecule has 0 fully saturated rings. The van der Waals surface area contributed by atoms with Crippen molar-refractivity contribution in [2.45, 2.75) is 6.61 Å². The molecule has 0 aliphatic carbocycles. The molecule has 5 heteroatoms. The molecule has 2 aromatic carbocycles. The zero-order chi connectivity index (χ0) is 15.9. The van der Waals surface area contributed by atoms with Crippen LogP contribution in [0.4, 0.5) is 0 Å². The number of carbonyl (C=O) groups excluding carboxylic acids is 1. The highest BCUT2D eigenvalue weighted by Gasteiger charge is 2.12. The molecule has 0 spiro atoms. The van der Waals surface area contributed by atoms with E-state index in [1.807, 2.05) is 0 Å². The van der Waals surface area contributed by atoms with Crippen LogP contribution in [-0.2, 0) is 11.3 Å². The van der Waals surface area contributed by atoms with Gasteiger partial charge in [0.05, 0.1) is 31.4 Å². The van der Waals surface area contributed by atoms with Gasteiger partial charge in [-0.25, -0.2) is 4.79 Å². The standard InChI is InChI=1S/C17H15NO4/c1-20-15-7-14(8-16(9-15)21-2)17(19)22-11-13-6-4-3-5-12(13)10-18/h3-9H,11H2,1-2H3. The molecule has 0 saturated heterocycles. The largest absolute Gasteiger partial charge is 0.497 e. The minimum Gasteiger partial charge on any atom is -0.497 e. The Morgan fingerprint density at radius 1 is 1.09 bits per heavy atom. The predicted octanol–water partition coefficient (Wildman–Crippen LogP) is 2.93. The first-order valence-corrected chi connectivity index (χ1v) is 6.56. The van der Waals surface area contributed by atoms with E-state index in [2.05, 4.69) is 6.07 Å². The molecule has 22 heavy (non-hydrogen) atoms. The monoisotopic (exact) mass is 297 g/mol. The maximum absolute atomic E-state index is 12.1. The number of carbonyl (C=O) groups is 1. The van der Waals surface area contributed by atoms with Crippen LogP contribution in [0.5, 0.6) is 11.5 Å². The molecular weight excluding hydrogens is 282 g/mol. The van der Waals surface area contributed by atoms with Crippen molar-refractivity contribution < 1.29 is 19.0 Å². The van der Waals surface area contributed by atoms with Gasteiger partial charge in [-0.3, -0.25) is 0 Å². The van der Waals surface area contributed by atoms with Crippen molar-refractivity contribution in [3.63, 3.8) is 0 Å². The smallest absolute Gasteiger partial charge is 0.338 e. The number of benzene rings is 2. The highest BCUT2D eigenvalue weighted by atomic mass is 16.5. The van der Waals surface area contributed by atoms with E-state index < -0.39 is 5.97 Å². The topological polar surface area (TPSA) is 68.6 Å². The molecule has 0 saturated carbocycles. The number of rotatable bonds is 5. The molecule has 0 bridgehead atoms. The van der Waals surface area contributed by atoms with Gasteiger partial charge in [-0.05, 0) is 18.2 Å². The van der Waals surface area contributed by atoms with Crippen LogP contribution in [0, 0.1) is 11.3 Å². The van der Waals surface area contributed by atoms with Crippen LogP contribution in [0.3, 0.4) is 0 Å². The van der Waals surface area contributed by atoms with E-state index in [1.165, 1.54) is 14.2 Å². The van der Waals surface area contributed by atoms with Gasteiger partial charge in [0.15, 0.2) is 0 Å². The summed E-state index contributed by atoms with van der Waals surface area (Å²) < 4.78 is 15.5. The normalized spacial score (nSPS) is 9.68. The molecule has 0 amide bonds. The first-order valence-electron chi connectivity index (χ1n) is 6.56. The van der Waals surface area contributed by atoms with Gasteiger partial charge in [0, 0.05) is 11.6 Å². The third-order valence-electron chi connectivity index (χ3n) is 3.08. The second-order valence-electron chi connectivity index (χ2n) is 4.45. The summed E-state index contributed by atoms with van der Waals surface area (Å²) in [4.78, 5) is 12.1. The van der Waals surface area contributed by atoms with Crippen LogP contribution in [-0.4, -0.2) is 20.2 Å². The fraction of sp³-hybridized carbons (Fsp3) is 0.176. The second kappa shape index (κ2) is 7.14. The average molecular weight is 297 g/mol. The Labute approximate surface area is 128 Å². The van der Waals surface area contributed by atoms with Gasteiger partial charge in [0.1, 0.15) is 18.1 Å². The minimum atomic E-state index is -0.509. The lowest BCUT2D eigenvalue weighted by Crippen LogP contribution is -2.06. The Morgan fingerprint density at radius 3 is 2.32 bits per heavy atom. The van der Waals surface area contributed by atoms with Gasteiger partial charge in [0.25, 0.3) is 0 Å². The number of nitriles is 1. The Bertz CT molecular complexity index is 697. The van der Waals surface area contributed by atoms with E-state index in [0.29, 0.717) is 28.2 Å². The summed E-state index contributed by atoms with van der Waals surface area (Å²) in [5.41, 5.74) is 1.47. The molecule has 2 aromatic rings. The summed E-state index contributed by atoms with van der Waals surface area (Å²) in [6, 6.07) is 13.9. The van der Waals surface area contributed by atoms with Crippen LogP contribution in [0.1, 0.15) is 21.5 Å². The Hall–Kier alpha value is -3.00. The molecule has 0 heterocycles. The second-order valence-corrected chi connectivity index (χ2v) is 4.45. The summed E-state index contributed by atoms with van der Waals surface area (Å²) >= 11 is 0. The lowest BCUT2D eigenvalue weighted by molar-refractivity contribution is 0.0471. The molecule has 0 unspecified atom stereocenters. The van der Waals surface area contributed by atoms with Crippen LogP contribution >= 0.6 is 0 Å². The van der Waals surface area contributed by atoms with Crippen molar-refractivity contribution in [1.29, 1.82) is 5.26 Å². The van der Waals surface area contributed by atoms with Crippen LogP contribution in [0.15, 0.2) is 42.5 Å². The first kappa shape index (κ1) is 15.4. The van der Waals surface area contributed by atoms with E-state index in [9.17, 15) is 4.79 Å². The molecule has 2 rings (SSSR count). The maximum Gasteiger partial charge on any atom is 0.338 e. The lowest BCUT2D eigenvalue weighted by Gasteiger charge is -2.09. The fourth-order valence-corrected chi connectivity index (χ4v) is 1.91. The predicted molar refractivity (Wildman–Crippen MR) is 79.8 cm³/mol. The van der Waals surface area contributed by atoms with Gasteiger partial charge < -0.3 is 14.2 Å². The van der Waals surface area contributed by atoms with Crippen LogP contribution in [0.2, 0.25) is 0 Å². The van der Waals surface area contributed by atoms with Crippen molar-refractivity contribution in [2.75, 3.05) is 14.2 Å². The van der Waals surface area contributed by atoms with Crippen molar-refractivity contribution in [2.24, 2.45) is 0 Å². The van der Waals surface area contributed by atoms with Gasteiger partial charge in [-0.15, -0.1) is 0 Å². The molecule has 0 aliphatic rings. The summed E-state index contributed by atoms with van der Waals surface area (Å²) in [7, 11) is 3.01. The van der Waals surface area contributed by atoms with E-state index in [-0.39, 0.29) is 6.61 Å². The van der Waals surface area contributed by atoms with Crippen LogP contribution in [0.25, 0.3) is 0 Å². The van der Waals surface area contributed by atoms with Crippen molar-refractivity contribution in [3.05, 3.63) is 59.2 Å². The third kappa shape index (κ3) is 3.55. The van der Waals surface area contributed by atoms with Crippen molar-refractivity contribution >= 4 is 5.97 Å². The van der Waals surface area contributed by atoms with Gasteiger partial charge in [-0.1, -0.05) is 18.2 Å². The Morgan fingerprint density at radius 2 is 1.73 bits per heavy atom. The van der Waals surface area contributed by atoms with Crippen molar-refractivity contribution in [3.8, 4) is 17.6 Å². The SMILES string of the molecule is COc1cc(OC)cc(C(=O)OCc2ccccc2C#N)c1. The highest BCUT2D eigenvalue weighted by Crippen LogP contribution is 2.23. The highest BCUT2D eigenvalue weighted by molar-refractivity contribution is 5.90. The zero-order valence-electron chi connectivity index (χ0n) is 12.3. The summed E-state index contributed by atoms with van der Waals surface area (Å²) in [5.74, 6) is 0.498.